The van der Waals surface area contributed by atoms with E-state index in [1.807, 2.05) is 0 Å². The molecule has 0 spiro atoms. The Kier molecular flexibility index (Phi) is 7.64. The Balaban J connectivity index is 0.00000225. The summed E-state index contributed by atoms with van der Waals surface area (Å²) in [7, 11) is 0. The average molecular weight is 407 g/mol. The largest absolute Gasteiger partial charge is 0.493 e. The van der Waals surface area contributed by atoms with Gasteiger partial charge in [-0.1, -0.05) is 31.9 Å². The lowest BCUT2D eigenvalue weighted by Crippen LogP contribution is -2.41. The summed E-state index contributed by atoms with van der Waals surface area (Å²) in [5, 5.41) is 3.50. The Labute approximate surface area is 175 Å². The Morgan fingerprint density at radius 1 is 1.25 bits per heavy atom. The van der Waals surface area contributed by atoms with E-state index in [1.54, 1.807) is 0 Å². The molecule has 1 saturated carbocycles. The summed E-state index contributed by atoms with van der Waals surface area (Å²) in [6.45, 7) is 6.02. The number of ether oxygens (including phenoxy) is 1. The summed E-state index contributed by atoms with van der Waals surface area (Å²) in [5.41, 5.74) is 2.56. The molecule has 28 heavy (non-hydrogen) atoms. The number of nitrogens with one attached hydrogen (secondary N) is 1. The maximum Gasteiger partial charge on any atom is 0.223 e. The predicted molar refractivity (Wildman–Crippen MR) is 115 cm³/mol. The number of halogens is 1. The summed E-state index contributed by atoms with van der Waals surface area (Å²) < 4.78 is 5.64. The molecule has 1 aliphatic carbocycles. The number of nitrogens with zero attached hydrogens (tertiary/aromatic N) is 1. The molecular formula is C23H35ClN2O2. The minimum atomic E-state index is 0. The highest BCUT2D eigenvalue weighted by Crippen LogP contribution is 2.31. The van der Waals surface area contributed by atoms with Crippen LogP contribution in [0.4, 0.5) is 0 Å². The smallest absolute Gasteiger partial charge is 0.223 e. The lowest BCUT2D eigenvalue weighted by molar-refractivity contribution is -0.135. The van der Waals surface area contributed by atoms with E-state index in [4.69, 9.17) is 4.74 Å². The molecule has 0 bridgehead atoms. The number of hydrogen-bond donors (Lipinski definition) is 1. The van der Waals surface area contributed by atoms with Crippen LogP contribution >= 0.6 is 12.4 Å². The van der Waals surface area contributed by atoms with Crippen molar-refractivity contribution in [3.8, 4) is 5.75 Å². The minimum Gasteiger partial charge on any atom is -0.493 e. The molecule has 1 N–H and O–H groups in total. The van der Waals surface area contributed by atoms with E-state index in [2.05, 4.69) is 35.3 Å². The quantitative estimate of drug-likeness (QED) is 0.763. The zero-order valence-corrected chi connectivity index (χ0v) is 17.9. The molecule has 4 rings (SSSR count). The molecule has 5 heteroatoms. The van der Waals surface area contributed by atoms with Crippen LogP contribution in [0.15, 0.2) is 18.2 Å². The molecule has 1 saturated heterocycles. The van der Waals surface area contributed by atoms with Gasteiger partial charge in [0.15, 0.2) is 0 Å². The van der Waals surface area contributed by atoms with E-state index in [-0.39, 0.29) is 12.4 Å². The molecule has 2 heterocycles. The molecule has 0 radical (unpaired) electrons. The number of piperidine rings is 1. The third-order valence-electron chi connectivity index (χ3n) is 6.83. The Morgan fingerprint density at radius 2 is 2.07 bits per heavy atom. The Bertz CT molecular complexity index is 654. The molecule has 2 aliphatic heterocycles. The van der Waals surface area contributed by atoms with Crippen LogP contribution in [-0.4, -0.2) is 36.5 Å². The number of carbonyl (C=O) groups excluding carboxylic acids is 1. The monoisotopic (exact) mass is 406 g/mol. The van der Waals surface area contributed by atoms with E-state index in [9.17, 15) is 4.79 Å². The summed E-state index contributed by atoms with van der Waals surface area (Å²) in [5.74, 6) is 2.49. The topological polar surface area (TPSA) is 41.6 Å². The second-order valence-corrected chi connectivity index (χ2v) is 8.79. The van der Waals surface area contributed by atoms with Crippen molar-refractivity contribution in [1.29, 1.82) is 0 Å². The number of carbonyl (C=O) groups is 1. The molecule has 2 atom stereocenters. The first-order chi connectivity index (χ1) is 13.2. The third-order valence-corrected chi connectivity index (χ3v) is 6.83. The van der Waals surface area contributed by atoms with Crippen LogP contribution in [0.2, 0.25) is 0 Å². The fraction of sp³-hybridized carbons (Fsp3) is 0.696. The van der Waals surface area contributed by atoms with Gasteiger partial charge in [0.1, 0.15) is 5.75 Å². The van der Waals surface area contributed by atoms with Crippen LogP contribution < -0.4 is 10.1 Å². The first-order valence-corrected chi connectivity index (χ1v) is 11.0. The molecule has 156 valence electrons. The number of rotatable bonds is 6. The van der Waals surface area contributed by atoms with Crippen molar-refractivity contribution >= 4 is 18.3 Å². The first-order valence-electron chi connectivity index (χ1n) is 11.0. The molecule has 1 aromatic carbocycles. The molecule has 1 aromatic rings. The van der Waals surface area contributed by atoms with E-state index in [0.717, 1.165) is 38.4 Å². The highest BCUT2D eigenvalue weighted by atomic mass is 35.5. The van der Waals surface area contributed by atoms with Crippen molar-refractivity contribution in [1.82, 2.24) is 10.2 Å². The normalized spacial score (nSPS) is 22.8. The molecular weight excluding hydrogens is 372 g/mol. The van der Waals surface area contributed by atoms with Crippen molar-refractivity contribution in [3.63, 3.8) is 0 Å². The standard InChI is InChI=1S/C23H34N2O2.ClH/c1-17(20-5-4-11-24-15-20)13-23(26)25(21-6-2-3-7-21)16-18-8-9-22-19(14-18)10-12-27-22;/h8-9,14,17,20-21,24H,2-7,10-13,15-16H2,1H3;1H. The third kappa shape index (κ3) is 5.01. The Hall–Kier alpha value is -1.26. The van der Waals surface area contributed by atoms with Crippen molar-refractivity contribution < 1.29 is 9.53 Å². The summed E-state index contributed by atoms with van der Waals surface area (Å²) in [4.78, 5) is 15.5. The molecule has 3 aliphatic rings. The second kappa shape index (κ2) is 9.98. The van der Waals surface area contributed by atoms with Crippen LogP contribution in [-0.2, 0) is 17.8 Å². The molecule has 0 aromatic heterocycles. The molecule has 4 nitrogen and oxygen atoms in total. The molecule has 1 amide bonds. The summed E-state index contributed by atoms with van der Waals surface area (Å²) in [6, 6.07) is 6.92. The number of hydrogen-bond acceptors (Lipinski definition) is 3. The fourth-order valence-corrected chi connectivity index (χ4v) is 5.10. The van der Waals surface area contributed by atoms with E-state index >= 15 is 0 Å². The van der Waals surface area contributed by atoms with Crippen LogP contribution in [0, 0.1) is 11.8 Å². The zero-order chi connectivity index (χ0) is 18.6. The van der Waals surface area contributed by atoms with Crippen molar-refractivity contribution in [2.75, 3.05) is 19.7 Å². The fourth-order valence-electron chi connectivity index (χ4n) is 5.10. The number of amides is 1. The van der Waals surface area contributed by atoms with Crippen LogP contribution in [0.5, 0.6) is 5.75 Å². The molecule has 2 unspecified atom stereocenters. The highest BCUT2D eigenvalue weighted by Gasteiger charge is 2.30. The van der Waals surface area contributed by atoms with Gasteiger partial charge in [-0.25, -0.2) is 0 Å². The van der Waals surface area contributed by atoms with Crippen molar-refractivity contribution in [3.05, 3.63) is 29.3 Å². The highest BCUT2D eigenvalue weighted by molar-refractivity contribution is 5.85. The maximum atomic E-state index is 13.3. The van der Waals surface area contributed by atoms with E-state index in [1.165, 1.54) is 49.7 Å². The van der Waals surface area contributed by atoms with Gasteiger partial charge in [0.25, 0.3) is 0 Å². The van der Waals surface area contributed by atoms with E-state index < -0.39 is 0 Å². The van der Waals surface area contributed by atoms with Crippen LogP contribution in [0.25, 0.3) is 0 Å². The van der Waals surface area contributed by atoms with Gasteiger partial charge in [-0.05, 0) is 67.8 Å². The Morgan fingerprint density at radius 3 is 2.82 bits per heavy atom. The van der Waals surface area contributed by atoms with Gasteiger partial charge in [-0.2, -0.15) is 0 Å². The van der Waals surface area contributed by atoms with Gasteiger partial charge in [0.05, 0.1) is 6.61 Å². The van der Waals surface area contributed by atoms with Gasteiger partial charge in [-0.3, -0.25) is 4.79 Å². The zero-order valence-electron chi connectivity index (χ0n) is 17.1. The SMILES string of the molecule is CC(CC(=O)N(Cc1ccc2c(c1)CCO2)C1CCCC1)C1CCCNC1.Cl. The van der Waals surface area contributed by atoms with Gasteiger partial charge in [0.2, 0.25) is 5.91 Å². The number of benzene rings is 1. The summed E-state index contributed by atoms with van der Waals surface area (Å²) >= 11 is 0. The van der Waals surface area contributed by atoms with Gasteiger partial charge < -0.3 is 15.0 Å². The van der Waals surface area contributed by atoms with Crippen LogP contribution in [0.3, 0.4) is 0 Å². The number of fused-ring (bicyclic) bond motifs is 1. The second-order valence-electron chi connectivity index (χ2n) is 8.79. The average Bonchev–Trinajstić information content (AvgIpc) is 3.38. The summed E-state index contributed by atoms with van der Waals surface area (Å²) in [6.07, 6.45) is 9.03. The van der Waals surface area contributed by atoms with E-state index in [0.29, 0.717) is 30.2 Å². The van der Waals surface area contributed by atoms with Gasteiger partial charge >= 0.3 is 0 Å². The van der Waals surface area contributed by atoms with Gasteiger partial charge in [-0.15, -0.1) is 12.4 Å². The maximum absolute atomic E-state index is 13.3. The van der Waals surface area contributed by atoms with Crippen LogP contribution in [0.1, 0.15) is 63.0 Å². The lowest BCUT2D eigenvalue weighted by Gasteiger charge is -2.33. The minimum absolute atomic E-state index is 0. The lowest BCUT2D eigenvalue weighted by atomic mass is 9.85. The van der Waals surface area contributed by atoms with Crippen molar-refractivity contribution in [2.45, 2.75) is 70.9 Å². The first kappa shape index (κ1) is 21.4. The van der Waals surface area contributed by atoms with Gasteiger partial charge in [0, 0.05) is 25.4 Å². The van der Waals surface area contributed by atoms with Crippen molar-refractivity contribution in [2.24, 2.45) is 11.8 Å². The predicted octanol–water partition coefficient (Wildman–Crippen LogP) is 4.34. The molecule has 2 fully saturated rings.